The van der Waals surface area contributed by atoms with Crippen LogP contribution in [0, 0.1) is 6.92 Å². The molecule has 1 atom stereocenters. The van der Waals surface area contributed by atoms with E-state index in [1.807, 2.05) is 19.1 Å². The zero-order valence-corrected chi connectivity index (χ0v) is 9.45. The molecule has 4 heteroatoms. The Morgan fingerprint density at radius 3 is 2.47 bits per heavy atom. The van der Waals surface area contributed by atoms with Crippen molar-refractivity contribution < 1.29 is 5.11 Å². The van der Waals surface area contributed by atoms with E-state index in [0.29, 0.717) is 5.56 Å². The Morgan fingerprint density at radius 2 is 1.93 bits per heavy atom. The van der Waals surface area contributed by atoms with Gasteiger partial charge in [0.05, 0.1) is 0 Å². The number of thiophene rings is 1. The van der Waals surface area contributed by atoms with Crippen molar-refractivity contribution >= 4 is 11.3 Å². The van der Waals surface area contributed by atoms with Gasteiger partial charge in [-0.05, 0) is 26.0 Å². The van der Waals surface area contributed by atoms with Gasteiger partial charge in [-0.1, -0.05) is 0 Å². The van der Waals surface area contributed by atoms with E-state index in [1.54, 1.807) is 30.7 Å². The van der Waals surface area contributed by atoms with E-state index < -0.39 is 5.60 Å². The maximum atomic E-state index is 10.4. The molecule has 2 heterocycles. The standard InChI is InChI=1S/C11H12N2OS/c1-8-3-4-10(15-8)11(2,14)9-5-12-7-13-6-9/h3-7,14H,1-2H3. The van der Waals surface area contributed by atoms with Crippen LogP contribution in [0.15, 0.2) is 30.9 Å². The first-order valence-electron chi connectivity index (χ1n) is 4.65. The maximum absolute atomic E-state index is 10.4. The topological polar surface area (TPSA) is 46.0 Å². The molecule has 15 heavy (non-hydrogen) atoms. The van der Waals surface area contributed by atoms with Gasteiger partial charge < -0.3 is 5.11 Å². The molecule has 2 aromatic heterocycles. The van der Waals surface area contributed by atoms with E-state index >= 15 is 0 Å². The van der Waals surface area contributed by atoms with Gasteiger partial charge in [-0.15, -0.1) is 11.3 Å². The van der Waals surface area contributed by atoms with Crippen LogP contribution in [0.25, 0.3) is 0 Å². The van der Waals surface area contributed by atoms with E-state index in [9.17, 15) is 5.11 Å². The number of aromatic nitrogens is 2. The predicted molar refractivity (Wildman–Crippen MR) is 59.8 cm³/mol. The molecular formula is C11H12N2OS. The smallest absolute Gasteiger partial charge is 0.124 e. The molecule has 0 fully saturated rings. The van der Waals surface area contributed by atoms with Crippen LogP contribution < -0.4 is 0 Å². The lowest BCUT2D eigenvalue weighted by Gasteiger charge is -2.21. The van der Waals surface area contributed by atoms with E-state index in [0.717, 1.165) is 4.88 Å². The molecule has 2 rings (SSSR count). The first-order valence-corrected chi connectivity index (χ1v) is 5.47. The summed E-state index contributed by atoms with van der Waals surface area (Å²) in [5.74, 6) is 0. The van der Waals surface area contributed by atoms with Gasteiger partial charge in [0.25, 0.3) is 0 Å². The van der Waals surface area contributed by atoms with Crippen molar-refractivity contribution in [1.29, 1.82) is 0 Å². The highest BCUT2D eigenvalue weighted by Crippen LogP contribution is 2.32. The Morgan fingerprint density at radius 1 is 1.27 bits per heavy atom. The summed E-state index contributed by atoms with van der Waals surface area (Å²) < 4.78 is 0. The number of aliphatic hydroxyl groups is 1. The third kappa shape index (κ3) is 1.91. The molecule has 0 aromatic carbocycles. The van der Waals surface area contributed by atoms with Crippen LogP contribution >= 0.6 is 11.3 Å². The van der Waals surface area contributed by atoms with Gasteiger partial charge in [-0.2, -0.15) is 0 Å². The Bertz CT molecular complexity index is 451. The molecule has 1 N–H and O–H groups in total. The SMILES string of the molecule is Cc1ccc(C(C)(O)c2cncnc2)s1. The van der Waals surface area contributed by atoms with Crippen molar-refractivity contribution in [3.63, 3.8) is 0 Å². The van der Waals surface area contributed by atoms with Crippen LogP contribution in [-0.4, -0.2) is 15.1 Å². The molecule has 0 saturated heterocycles. The zero-order chi connectivity index (χ0) is 10.9. The first-order chi connectivity index (χ1) is 7.10. The molecule has 2 aromatic rings. The molecule has 0 spiro atoms. The van der Waals surface area contributed by atoms with Crippen LogP contribution in [0.5, 0.6) is 0 Å². The van der Waals surface area contributed by atoms with Crippen molar-refractivity contribution in [2.75, 3.05) is 0 Å². The Kier molecular flexibility index (Phi) is 2.54. The van der Waals surface area contributed by atoms with E-state index in [-0.39, 0.29) is 0 Å². The lowest BCUT2D eigenvalue weighted by Crippen LogP contribution is -2.21. The molecule has 78 valence electrons. The van der Waals surface area contributed by atoms with Crippen LogP contribution in [0.2, 0.25) is 0 Å². The highest BCUT2D eigenvalue weighted by molar-refractivity contribution is 7.12. The minimum Gasteiger partial charge on any atom is -0.380 e. The molecule has 0 aliphatic heterocycles. The van der Waals surface area contributed by atoms with Crippen molar-refractivity contribution in [2.45, 2.75) is 19.4 Å². The van der Waals surface area contributed by atoms with Crippen molar-refractivity contribution in [3.8, 4) is 0 Å². The number of hydrogen-bond acceptors (Lipinski definition) is 4. The molecular weight excluding hydrogens is 208 g/mol. The number of aryl methyl sites for hydroxylation is 1. The van der Waals surface area contributed by atoms with Crippen molar-refractivity contribution in [1.82, 2.24) is 9.97 Å². The molecule has 1 unspecified atom stereocenters. The first kappa shape index (κ1) is 10.3. The van der Waals surface area contributed by atoms with Gasteiger partial charge in [0.15, 0.2) is 0 Å². The average Bonchev–Trinajstić information content (AvgIpc) is 2.67. The second-order valence-electron chi connectivity index (χ2n) is 3.61. The zero-order valence-electron chi connectivity index (χ0n) is 8.64. The summed E-state index contributed by atoms with van der Waals surface area (Å²) in [4.78, 5) is 9.93. The monoisotopic (exact) mass is 220 g/mol. The van der Waals surface area contributed by atoms with E-state index in [1.165, 1.54) is 11.2 Å². The quantitative estimate of drug-likeness (QED) is 0.843. The Balaban J connectivity index is 2.43. The van der Waals surface area contributed by atoms with E-state index in [2.05, 4.69) is 9.97 Å². The van der Waals surface area contributed by atoms with E-state index in [4.69, 9.17) is 0 Å². The number of hydrogen-bond donors (Lipinski definition) is 1. The third-order valence-electron chi connectivity index (χ3n) is 2.34. The fraction of sp³-hybridized carbons (Fsp3) is 0.273. The fourth-order valence-corrected chi connectivity index (χ4v) is 2.32. The summed E-state index contributed by atoms with van der Waals surface area (Å²) in [6.45, 7) is 3.78. The Labute approximate surface area is 92.5 Å². The Hall–Kier alpha value is -1.26. The summed E-state index contributed by atoms with van der Waals surface area (Å²) >= 11 is 1.58. The summed E-state index contributed by atoms with van der Waals surface area (Å²) in [6, 6.07) is 3.94. The number of nitrogens with zero attached hydrogens (tertiary/aromatic N) is 2. The van der Waals surface area contributed by atoms with Crippen LogP contribution in [0.1, 0.15) is 22.2 Å². The minimum atomic E-state index is -1.000. The molecule has 0 aliphatic rings. The highest BCUT2D eigenvalue weighted by Gasteiger charge is 2.27. The van der Waals surface area contributed by atoms with Gasteiger partial charge in [0, 0.05) is 27.7 Å². The minimum absolute atomic E-state index is 0.715. The van der Waals surface area contributed by atoms with Crippen molar-refractivity contribution in [3.05, 3.63) is 46.2 Å². The van der Waals surface area contributed by atoms with Gasteiger partial charge in [0.1, 0.15) is 11.9 Å². The lowest BCUT2D eigenvalue weighted by molar-refractivity contribution is 0.105. The molecule has 0 saturated carbocycles. The maximum Gasteiger partial charge on any atom is 0.124 e. The molecule has 0 amide bonds. The van der Waals surface area contributed by atoms with Gasteiger partial charge >= 0.3 is 0 Å². The normalized spacial score (nSPS) is 14.9. The predicted octanol–water partition coefficient (Wildman–Crippen LogP) is 2.10. The summed E-state index contributed by atoms with van der Waals surface area (Å²) in [6.07, 6.45) is 4.74. The van der Waals surface area contributed by atoms with Crippen LogP contribution in [0.4, 0.5) is 0 Å². The van der Waals surface area contributed by atoms with Gasteiger partial charge in [0.2, 0.25) is 0 Å². The molecule has 0 bridgehead atoms. The summed E-state index contributed by atoms with van der Waals surface area (Å²) in [5.41, 5.74) is -0.285. The lowest BCUT2D eigenvalue weighted by atomic mass is 9.97. The highest BCUT2D eigenvalue weighted by atomic mass is 32.1. The largest absolute Gasteiger partial charge is 0.380 e. The number of rotatable bonds is 2. The third-order valence-corrected chi connectivity index (χ3v) is 3.55. The molecule has 0 radical (unpaired) electrons. The molecule has 0 aliphatic carbocycles. The van der Waals surface area contributed by atoms with Crippen molar-refractivity contribution in [2.24, 2.45) is 0 Å². The van der Waals surface area contributed by atoms with Gasteiger partial charge in [-0.3, -0.25) is 0 Å². The second-order valence-corrected chi connectivity index (χ2v) is 4.90. The fourth-order valence-electron chi connectivity index (χ4n) is 1.39. The van der Waals surface area contributed by atoms with Gasteiger partial charge in [-0.25, -0.2) is 9.97 Å². The summed E-state index contributed by atoms with van der Waals surface area (Å²) in [5, 5.41) is 10.4. The summed E-state index contributed by atoms with van der Waals surface area (Å²) in [7, 11) is 0. The average molecular weight is 220 g/mol. The molecule has 3 nitrogen and oxygen atoms in total. The second kappa shape index (κ2) is 3.72. The van der Waals surface area contributed by atoms with Crippen LogP contribution in [0.3, 0.4) is 0 Å². The van der Waals surface area contributed by atoms with Crippen LogP contribution in [-0.2, 0) is 5.60 Å².